The fourth-order valence-corrected chi connectivity index (χ4v) is 4.38. The Hall–Kier alpha value is -3.36. The fraction of sp³-hybridized carbons (Fsp3) is 0.130. The molecular weight excluding hydrogens is 452 g/mol. The zero-order valence-electron chi connectivity index (χ0n) is 17.6. The molecule has 0 aliphatic rings. The van der Waals surface area contributed by atoms with E-state index in [9.17, 15) is 18.0 Å². The van der Waals surface area contributed by atoms with E-state index in [0.29, 0.717) is 16.9 Å². The highest BCUT2D eigenvalue weighted by atomic mass is 35.5. The number of benzene rings is 3. The van der Waals surface area contributed by atoms with Gasteiger partial charge >= 0.3 is 10.1 Å². The second kappa shape index (κ2) is 9.42. The number of nitrogens with one attached hydrogen (secondary N) is 2. The van der Waals surface area contributed by atoms with Gasteiger partial charge in [-0.2, -0.15) is 8.42 Å². The van der Waals surface area contributed by atoms with Crippen LogP contribution in [0.15, 0.2) is 65.6 Å². The van der Waals surface area contributed by atoms with Crippen molar-refractivity contribution in [1.29, 1.82) is 0 Å². The van der Waals surface area contributed by atoms with Crippen molar-refractivity contribution in [3.63, 3.8) is 0 Å². The number of aryl methyl sites for hydroxylation is 2. The summed E-state index contributed by atoms with van der Waals surface area (Å²) in [6.07, 6.45) is 0. The predicted molar refractivity (Wildman–Crippen MR) is 124 cm³/mol. The first-order chi connectivity index (χ1) is 15.0. The molecule has 0 saturated carbocycles. The molecule has 0 fully saturated rings. The van der Waals surface area contributed by atoms with Gasteiger partial charge in [0, 0.05) is 18.2 Å². The molecule has 0 aliphatic heterocycles. The maximum atomic E-state index is 12.6. The van der Waals surface area contributed by atoms with Crippen molar-refractivity contribution in [2.45, 2.75) is 25.7 Å². The van der Waals surface area contributed by atoms with E-state index in [-0.39, 0.29) is 27.1 Å². The molecule has 2 amide bonds. The lowest BCUT2D eigenvalue weighted by atomic mass is 10.2. The van der Waals surface area contributed by atoms with Crippen LogP contribution >= 0.6 is 11.6 Å². The SMILES string of the molecule is CC(=O)Nc1ccc(NC(=O)c2ccc(OS(=O)(=O)c3cc(C)ccc3C)cc2)c(Cl)c1. The van der Waals surface area contributed by atoms with Crippen molar-refractivity contribution in [1.82, 2.24) is 0 Å². The van der Waals surface area contributed by atoms with Crippen molar-refractivity contribution < 1.29 is 22.2 Å². The summed E-state index contributed by atoms with van der Waals surface area (Å²) in [5.74, 6) is -0.594. The molecule has 7 nitrogen and oxygen atoms in total. The monoisotopic (exact) mass is 472 g/mol. The van der Waals surface area contributed by atoms with E-state index in [1.54, 1.807) is 38.1 Å². The number of carbonyl (C=O) groups is 2. The minimum absolute atomic E-state index is 0.0835. The highest BCUT2D eigenvalue weighted by Crippen LogP contribution is 2.27. The van der Waals surface area contributed by atoms with E-state index in [1.165, 1.54) is 37.3 Å². The average Bonchev–Trinajstić information content (AvgIpc) is 2.71. The molecule has 3 aromatic rings. The lowest BCUT2D eigenvalue weighted by molar-refractivity contribution is -0.114. The van der Waals surface area contributed by atoms with Crippen molar-refractivity contribution in [3.05, 3.63) is 82.4 Å². The second-order valence-corrected chi connectivity index (χ2v) is 9.08. The molecule has 0 atom stereocenters. The Morgan fingerprint density at radius 1 is 0.906 bits per heavy atom. The normalized spacial score (nSPS) is 11.0. The van der Waals surface area contributed by atoms with Crippen LogP contribution in [0.1, 0.15) is 28.4 Å². The van der Waals surface area contributed by atoms with Crippen molar-refractivity contribution in [3.8, 4) is 5.75 Å². The lowest BCUT2D eigenvalue weighted by Gasteiger charge is -2.11. The number of hydrogen-bond acceptors (Lipinski definition) is 5. The average molecular weight is 473 g/mol. The van der Waals surface area contributed by atoms with Gasteiger partial charge in [0.25, 0.3) is 5.91 Å². The highest BCUT2D eigenvalue weighted by Gasteiger charge is 2.20. The van der Waals surface area contributed by atoms with Gasteiger partial charge in [0.15, 0.2) is 0 Å². The standard InChI is InChI=1S/C23H21ClN2O5S/c1-14-4-5-15(2)22(12-14)32(29,30)31-19-9-6-17(7-10-19)23(28)26-21-11-8-18(13-20(21)24)25-16(3)27/h4-13H,1-3H3,(H,25,27)(H,26,28). The minimum atomic E-state index is -4.01. The van der Waals surface area contributed by atoms with E-state index < -0.39 is 16.0 Å². The minimum Gasteiger partial charge on any atom is -0.379 e. The smallest absolute Gasteiger partial charge is 0.339 e. The third-order valence-corrected chi connectivity index (χ3v) is 6.18. The molecule has 0 saturated heterocycles. The largest absolute Gasteiger partial charge is 0.379 e. The van der Waals surface area contributed by atoms with Crippen LogP contribution in [0.5, 0.6) is 5.75 Å². The van der Waals surface area contributed by atoms with Gasteiger partial charge in [-0.25, -0.2) is 0 Å². The van der Waals surface area contributed by atoms with Crippen LogP contribution in [0.4, 0.5) is 11.4 Å². The van der Waals surface area contributed by atoms with E-state index in [2.05, 4.69) is 10.6 Å². The Kier molecular flexibility index (Phi) is 6.86. The predicted octanol–water partition coefficient (Wildman–Crippen LogP) is 4.94. The van der Waals surface area contributed by atoms with Crippen molar-refractivity contribution >= 4 is 44.9 Å². The number of halogens is 1. The van der Waals surface area contributed by atoms with Gasteiger partial charge < -0.3 is 14.8 Å². The number of anilines is 2. The molecule has 0 aliphatic carbocycles. The van der Waals surface area contributed by atoms with E-state index >= 15 is 0 Å². The summed E-state index contributed by atoms with van der Waals surface area (Å²) in [7, 11) is -4.01. The molecule has 3 aromatic carbocycles. The maximum Gasteiger partial charge on any atom is 0.339 e. The van der Waals surface area contributed by atoms with Crippen LogP contribution in [0, 0.1) is 13.8 Å². The molecule has 9 heteroatoms. The van der Waals surface area contributed by atoms with Crippen LogP contribution in [0.25, 0.3) is 0 Å². The van der Waals surface area contributed by atoms with Crippen molar-refractivity contribution in [2.75, 3.05) is 10.6 Å². The maximum absolute atomic E-state index is 12.6. The van der Waals surface area contributed by atoms with E-state index in [4.69, 9.17) is 15.8 Å². The van der Waals surface area contributed by atoms with Crippen LogP contribution in [-0.2, 0) is 14.9 Å². The Morgan fingerprint density at radius 3 is 2.22 bits per heavy atom. The van der Waals surface area contributed by atoms with Crippen LogP contribution < -0.4 is 14.8 Å². The molecular formula is C23H21ClN2O5S. The Balaban J connectivity index is 1.72. The summed E-state index contributed by atoms with van der Waals surface area (Å²) in [5.41, 5.74) is 2.53. The number of amides is 2. The molecule has 166 valence electrons. The van der Waals surface area contributed by atoms with E-state index in [0.717, 1.165) is 5.56 Å². The van der Waals surface area contributed by atoms with Gasteiger partial charge in [-0.1, -0.05) is 23.7 Å². The van der Waals surface area contributed by atoms with Crippen LogP contribution in [0.2, 0.25) is 5.02 Å². The Morgan fingerprint density at radius 2 is 1.59 bits per heavy atom. The first-order valence-corrected chi connectivity index (χ1v) is 11.3. The molecule has 0 spiro atoms. The highest BCUT2D eigenvalue weighted by molar-refractivity contribution is 7.87. The molecule has 32 heavy (non-hydrogen) atoms. The van der Waals surface area contributed by atoms with Gasteiger partial charge in [-0.3, -0.25) is 9.59 Å². The number of hydrogen-bond donors (Lipinski definition) is 2. The second-order valence-electron chi connectivity index (χ2n) is 7.16. The molecule has 0 unspecified atom stereocenters. The van der Waals surface area contributed by atoms with Gasteiger partial charge in [0.05, 0.1) is 10.7 Å². The van der Waals surface area contributed by atoms with Crippen molar-refractivity contribution in [2.24, 2.45) is 0 Å². The number of rotatable bonds is 6. The zero-order valence-corrected chi connectivity index (χ0v) is 19.2. The third-order valence-electron chi connectivity index (χ3n) is 4.47. The van der Waals surface area contributed by atoms with Crippen LogP contribution in [0.3, 0.4) is 0 Å². The fourth-order valence-electron chi connectivity index (χ4n) is 2.90. The summed E-state index contributed by atoms with van der Waals surface area (Å²) >= 11 is 6.17. The summed E-state index contributed by atoms with van der Waals surface area (Å²) < 4.78 is 30.5. The summed E-state index contributed by atoms with van der Waals surface area (Å²) in [6, 6.07) is 15.5. The number of carbonyl (C=O) groups excluding carboxylic acids is 2. The Bertz CT molecular complexity index is 1290. The molecule has 3 rings (SSSR count). The van der Waals surface area contributed by atoms with E-state index in [1.807, 2.05) is 6.07 Å². The third kappa shape index (κ3) is 5.66. The molecule has 0 bridgehead atoms. The molecule has 0 aromatic heterocycles. The molecule has 2 N–H and O–H groups in total. The topological polar surface area (TPSA) is 102 Å². The van der Waals surface area contributed by atoms with Crippen LogP contribution in [-0.4, -0.2) is 20.2 Å². The first-order valence-electron chi connectivity index (χ1n) is 9.55. The van der Waals surface area contributed by atoms with Gasteiger partial charge in [-0.05, 0) is 73.5 Å². The lowest BCUT2D eigenvalue weighted by Crippen LogP contribution is -2.13. The summed E-state index contributed by atoms with van der Waals surface area (Å²) in [4.78, 5) is 23.8. The molecule has 0 radical (unpaired) electrons. The van der Waals surface area contributed by atoms with Gasteiger partial charge in [0.1, 0.15) is 10.6 Å². The summed E-state index contributed by atoms with van der Waals surface area (Å²) in [5, 5.41) is 5.53. The summed E-state index contributed by atoms with van der Waals surface area (Å²) in [6.45, 7) is 4.87. The van der Waals surface area contributed by atoms with Gasteiger partial charge in [-0.15, -0.1) is 0 Å². The van der Waals surface area contributed by atoms with Gasteiger partial charge in [0.2, 0.25) is 5.91 Å². The Labute approximate surface area is 191 Å². The first kappa shape index (κ1) is 23.3. The quantitative estimate of drug-likeness (QED) is 0.495. The zero-order chi connectivity index (χ0) is 23.5. The molecule has 0 heterocycles.